The third-order valence-corrected chi connectivity index (χ3v) is 5.04. The molecule has 0 saturated carbocycles. The Bertz CT molecular complexity index is 827. The van der Waals surface area contributed by atoms with Gasteiger partial charge in [-0.2, -0.15) is 0 Å². The summed E-state index contributed by atoms with van der Waals surface area (Å²) in [6.07, 6.45) is 0.818. The van der Waals surface area contributed by atoms with Crippen LogP contribution in [0.2, 0.25) is 0 Å². The van der Waals surface area contributed by atoms with Crippen molar-refractivity contribution in [2.45, 2.75) is 31.8 Å². The summed E-state index contributed by atoms with van der Waals surface area (Å²) in [4.78, 5) is 26.2. The SMILES string of the molecule is C[C@@H]1C[C@H]2c3cccc(C(=O)O)c3C(=O)N2Cc2ccccc21. The lowest BCUT2D eigenvalue weighted by molar-refractivity contribution is 0.0666. The third kappa shape index (κ3) is 1.98. The first-order valence-corrected chi connectivity index (χ1v) is 7.83. The zero-order valence-electron chi connectivity index (χ0n) is 12.8. The predicted octanol–water partition coefficient (Wildman–Crippen LogP) is 3.59. The fraction of sp³-hybridized carbons (Fsp3) is 0.263. The van der Waals surface area contributed by atoms with E-state index in [4.69, 9.17) is 0 Å². The van der Waals surface area contributed by atoms with Gasteiger partial charge in [-0.3, -0.25) is 4.79 Å². The van der Waals surface area contributed by atoms with Crippen molar-refractivity contribution in [2.24, 2.45) is 0 Å². The molecule has 23 heavy (non-hydrogen) atoms. The Labute approximate surface area is 134 Å². The van der Waals surface area contributed by atoms with Crippen LogP contribution in [0.15, 0.2) is 42.5 Å². The molecule has 0 aliphatic carbocycles. The number of carboxylic acids is 1. The molecule has 0 fully saturated rings. The summed E-state index contributed by atoms with van der Waals surface area (Å²) < 4.78 is 0. The van der Waals surface area contributed by atoms with Crippen LogP contribution in [0.25, 0.3) is 0 Å². The average molecular weight is 307 g/mol. The van der Waals surface area contributed by atoms with E-state index in [0.717, 1.165) is 17.5 Å². The molecule has 1 N–H and O–H groups in total. The molecule has 2 aliphatic heterocycles. The summed E-state index contributed by atoms with van der Waals surface area (Å²) in [7, 11) is 0. The maximum Gasteiger partial charge on any atom is 0.336 e. The highest BCUT2D eigenvalue weighted by Crippen LogP contribution is 2.45. The van der Waals surface area contributed by atoms with Crippen molar-refractivity contribution in [2.75, 3.05) is 0 Å². The van der Waals surface area contributed by atoms with Crippen LogP contribution in [0.1, 0.15) is 62.7 Å². The highest BCUT2D eigenvalue weighted by Gasteiger charge is 2.41. The van der Waals surface area contributed by atoms with E-state index in [1.807, 2.05) is 23.1 Å². The van der Waals surface area contributed by atoms with E-state index < -0.39 is 5.97 Å². The zero-order chi connectivity index (χ0) is 16.1. The first-order chi connectivity index (χ1) is 11.1. The number of carbonyl (C=O) groups excluding carboxylic acids is 1. The highest BCUT2D eigenvalue weighted by molar-refractivity contribution is 6.08. The second-order valence-corrected chi connectivity index (χ2v) is 6.36. The Morgan fingerprint density at radius 3 is 2.65 bits per heavy atom. The molecule has 0 bridgehead atoms. The Balaban J connectivity index is 1.85. The number of hydrogen-bond acceptors (Lipinski definition) is 2. The highest BCUT2D eigenvalue weighted by atomic mass is 16.4. The number of benzene rings is 2. The first kappa shape index (κ1) is 14.0. The van der Waals surface area contributed by atoms with Crippen molar-refractivity contribution >= 4 is 11.9 Å². The van der Waals surface area contributed by atoms with Crippen LogP contribution in [-0.2, 0) is 6.54 Å². The van der Waals surface area contributed by atoms with Gasteiger partial charge in [0.15, 0.2) is 0 Å². The van der Waals surface area contributed by atoms with Gasteiger partial charge in [0.1, 0.15) is 0 Å². The molecule has 0 radical (unpaired) electrons. The smallest absolute Gasteiger partial charge is 0.336 e. The Morgan fingerprint density at radius 1 is 1.13 bits per heavy atom. The van der Waals surface area contributed by atoms with E-state index in [2.05, 4.69) is 19.1 Å². The lowest BCUT2D eigenvalue weighted by atomic mass is 9.89. The molecule has 1 amide bonds. The van der Waals surface area contributed by atoms with Crippen LogP contribution < -0.4 is 0 Å². The van der Waals surface area contributed by atoms with Crippen LogP contribution in [0.5, 0.6) is 0 Å². The quantitative estimate of drug-likeness (QED) is 0.876. The van der Waals surface area contributed by atoms with Crippen molar-refractivity contribution in [3.8, 4) is 0 Å². The topological polar surface area (TPSA) is 57.6 Å². The molecule has 0 unspecified atom stereocenters. The van der Waals surface area contributed by atoms with Crippen LogP contribution in [-0.4, -0.2) is 21.9 Å². The van der Waals surface area contributed by atoms with Crippen molar-refractivity contribution in [3.05, 3.63) is 70.3 Å². The fourth-order valence-electron chi connectivity index (χ4n) is 3.96. The summed E-state index contributed by atoms with van der Waals surface area (Å²) in [5, 5.41) is 9.39. The van der Waals surface area contributed by atoms with Gasteiger partial charge in [0.2, 0.25) is 0 Å². The molecule has 2 aliphatic rings. The van der Waals surface area contributed by atoms with Crippen molar-refractivity contribution < 1.29 is 14.7 Å². The van der Waals surface area contributed by atoms with Gasteiger partial charge < -0.3 is 10.0 Å². The van der Waals surface area contributed by atoms with E-state index in [0.29, 0.717) is 18.0 Å². The zero-order valence-corrected chi connectivity index (χ0v) is 12.8. The van der Waals surface area contributed by atoms with Gasteiger partial charge >= 0.3 is 5.97 Å². The molecule has 0 aromatic heterocycles. The maximum absolute atomic E-state index is 12.9. The summed E-state index contributed by atoms with van der Waals surface area (Å²) in [5.41, 5.74) is 3.78. The van der Waals surface area contributed by atoms with Crippen LogP contribution in [0.4, 0.5) is 0 Å². The number of hydrogen-bond donors (Lipinski definition) is 1. The normalized spacial score (nSPS) is 22.1. The first-order valence-electron chi connectivity index (χ1n) is 7.83. The standard InChI is InChI=1S/C19H17NO3/c1-11-9-16-14-7-4-8-15(19(22)23)17(14)18(21)20(16)10-12-5-2-3-6-13(11)12/h2-8,11,16H,9-10H2,1H3,(H,22,23)/t11-,16+/m1/s1. The molecule has 2 heterocycles. The largest absolute Gasteiger partial charge is 0.478 e. The second kappa shape index (κ2) is 4.95. The molecule has 2 atom stereocenters. The minimum absolute atomic E-state index is 0.0424. The minimum Gasteiger partial charge on any atom is -0.478 e. The number of amides is 1. The van der Waals surface area contributed by atoms with Crippen LogP contribution in [0, 0.1) is 0 Å². The van der Waals surface area contributed by atoms with Crippen LogP contribution in [0.3, 0.4) is 0 Å². The van der Waals surface area contributed by atoms with E-state index in [1.54, 1.807) is 6.07 Å². The molecule has 4 nitrogen and oxygen atoms in total. The van der Waals surface area contributed by atoms with Gasteiger partial charge in [0, 0.05) is 6.54 Å². The number of aromatic carboxylic acids is 1. The van der Waals surface area contributed by atoms with E-state index in [9.17, 15) is 14.7 Å². The number of nitrogens with zero attached hydrogens (tertiary/aromatic N) is 1. The summed E-state index contributed by atoms with van der Waals surface area (Å²) in [5.74, 6) is -0.873. The van der Waals surface area contributed by atoms with Crippen LogP contribution >= 0.6 is 0 Å². The van der Waals surface area contributed by atoms with Gasteiger partial charge in [-0.1, -0.05) is 43.3 Å². The molecular weight excluding hydrogens is 290 g/mol. The lowest BCUT2D eigenvalue weighted by Gasteiger charge is -2.23. The average Bonchev–Trinajstić information content (AvgIpc) is 2.72. The third-order valence-electron chi connectivity index (χ3n) is 5.04. The van der Waals surface area contributed by atoms with E-state index in [1.165, 1.54) is 11.6 Å². The van der Waals surface area contributed by atoms with Crippen molar-refractivity contribution in [1.82, 2.24) is 4.90 Å². The maximum atomic E-state index is 12.9. The van der Waals surface area contributed by atoms with E-state index in [-0.39, 0.29) is 17.5 Å². The van der Waals surface area contributed by atoms with Gasteiger partial charge in [0.25, 0.3) is 5.91 Å². The number of fused-ring (bicyclic) bond motifs is 4. The Hall–Kier alpha value is -2.62. The van der Waals surface area contributed by atoms with Crippen molar-refractivity contribution in [3.63, 3.8) is 0 Å². The van der Waals surface area contributed by atoms with Crippen molar-refractivity contribution in [1.29, 1.82) is 0 Å². The molecule has 4 heteroatoms. The summed E-state index contributed by atoms with van der Waals surface area (Å²) in [6.45, 7) is 2.71. The monoisotopic (exact) mass is 307 g/mol. The van der Waals surface area contributed by atoms with Gasteiger partial charge in [-0.05, 0) is 35.1 Å². The Morgan fingerprint density at radius 2 is 1.87 bits per heavy atom. The molecule has 0 spiro atoms. The fourth-order valence-corrected chi connectivity index (χ4v) is 3.96. The van der Waals surface area contributed by atoms with E-state index >= 15 is 0 Å². The minimum atomic E-state index is -1.04. The number of carboxylic acid groups (broad SMARTS) is 1. The van der Waals surface area contributed by atoms with Gasteiger partial charge in [-0.25, -0.2) is 4.79 Å². The summed E-state index contributed by atoms with van der Waals surface area (Å²) >= 11 is 0. The molecule has 4 rings (SSSR count). The summed E-state index contributed by atoms with van der Waals surface area (Å²) in [6, 6.07) is 13.3. The van der Waals surface area contributed by atoms with Gasteiger partial charge in [0.05, 0.1) is 17.2 Å². The lowest BCUT2D eigenvalue weighted by Crippen LogP contribution is -2.27. The molecular formula is C19H17NO3. The molecule has 0 saturated heterocycles. The Kier molecular flexibility index (Phi) is 3.01. The second-order valence-electron chi connectivity index (χ2n) is 6.36. The molecule has 2 aromatic carbocycles. The molecule has 2 aromatic rings. The number of carbonyl (C=O) groups is 2. The molecule has 116 valence electrons. The number of rotatable bonds is 1. The van der Waals surface area contributed by atoms with Gasteiger partial charge in [-0.15, -0.1) is 0 Å². The predicted molar refractivity (Wildman–Crippen MR) is 85.5 cm³/mol.